The first-order valence-corrected chi connectivity index (χ1v) is 8.83. The minimum Gasteiger partial charge on any atom is -0.497 e. The van der Waals surface area contributed by atoms with Crippen LogP contribution in [0.15, 0.2) is 41.0 Å². The van der Waals surface area contributed by atoms with E-state index in [0.717, 1.165) is 53.4 Å². The molecule has 0 radical (unpaired) electrons. The van der Waals surface area contributed by atoms with E-state index in [9.17, 15) is 0 Å². The van der Waals surface area contributed by atoms with Gasteiger partial charge in [-0.05, 0) is 40.9 Å². The highest BCUT2D eigenvalue weighted by atomic mass is 79.9. The minimum atomic E-state index is 0.438. The number of piperidine rings is 1. The summed E-state index contributed by atoms with van der Waals surface area (Å²) < 4.78 is 11.7. The summed E-state index contributed by atoms with van der Waals surface area (Å²) in [7, 11) is 3.34. The quantitative estimate of drug-likeness (QED) is 0.835. The summed E-state index contributed by atoms with van der Waals surface area (Å²) in [6.45, 7) is 1.99. The third-order valence-electron chi connectivity index (χ3n) is 4.25. The first kappa shape index (κ1) is 16.9. The van der Waals surface area contributed by atoms with Crippen LogP contribution in [0.2, 0.25) is 0 Å². The summed E-state index contributed by atoms with van der Waals surface area (Å²) in [6, 6.07) is 10.4. The van der Waals surface area contributed by atoms with Crippen molar-refractivity contribution < 1.29 is 9.47 Å². The van der Waals surface area contributed by atoms with E-state index < -0.39 is 0 Å². The summed E-state index contributed by atoms with van der Waals surface area (Å²) in [5.41, 5.74) is 1.03. The number of benzene rings is 1. The van der Waals surface area contributed by atoms with Crippen LogP contribution >= 0.6 is 15.9 Å². The van der Waals surface area contributed by atoms with Crippen molar-refractivity contribution in [2.45, 2.75) is 18.9 Å². The summed E-state index contributed by atoms with van der Waals surface area (Å²) >= 11 is 3.43. The highest BCUT2D eigenvalue weighted by Crippen LogP contribution is 2.28. The van der Waals surface area contributed by atoms with Crippen LogP contribution in [0.4, 0.5) is 11.5 Å². The monoisotopic (exact) mass is 391 g/mol. The maximum atomic E-state index is 5.33. The van der Waals surface area contributed by atoms with Crippen molar-refractivity contribution in [1.82, 2.24) is 4.98 Å². The first-order chi connectivity index (χ1) is 11.7. The Morgan fingerprint density at radius 1 is 1.08 bits per heavy atom. The van der Waals surface area contributed by atoms with Crippen molar-refractivity contribution in [3.05, 3.63) is 41.0 Å². The van der Waals surface area contributed by atoms with Crippen molar-refractivity contribution in [2.75, 3.05) is 37.5 Å². The van der Waals surface area contributed by atoms with E-state index in [1.165, 1.54) is 0 Å². The normalized spacial score (nSPS) is 15.2. The number of aromatic nitrogens is 1. The highest BCUT2D eigenvalue weighted by molar-refractivity contribution is 9.10. The van der Waals surface area contributed by atoms with Crippen molar-refractivity contribution in [3.8, 4) is 11.5 Å². The Balaban J connectivity index is 1.60. The first-order valence-electron chi connectivity index (χ1n) is 8.04. The molecule has 128 valence electrons. The third-order valence-corrected chi connectivity index (χ3v) is 4.72. The fourth-order valence-electron chi connectivity index (χ4n) is 2.93. The van der Waals surface area contributed by atoms with E-state index >= 15 is 0 Å². The number of halogens is 1. The fraction of sp³-hybridized carbons (Fsp3) is 0.389. The molecular weight excluding hydrogens is 370 g/mol. The van der Waals surface area contributed by atoms with Gasteiger partial charge >= 0.3 is 0 Å². The second-order valence-corrected chi connectivity index (χ2v) is 6.76. The predicted octanol–water partition coefficient (Wildman–Crippen LogP) is 3.94. The zero-order valence-electron chi connectivity index (χ0n) is 14.0. The lowest BCUT2D eigenvalue weighted by Gasteiger charge is -2.33. The Bertz CT molecular complexity index is 648. The van der Waals surface area contributed by atoms with E-state index in [-0.39, 0.29) is 0 Å². The molecule has 3 rings (SSSR count). The van der Waals surface area contributed by atoms with Crippen LogP contribution in [-0.4, -0.2) is 38.3 Å². The summed E-state index contributed by atoms with van der Waals surface area (Å²) in [5.74, 6) is 2.64. The van der Waals surface area contributed by atoms with Crippen LogP contribution in [0, 0.1) is 0 Å². The molecule has 1 aromatic carbocycles. The number of methoxy groups -OCH3 is 2. The molecule has 5 nitrogen and oxygen atoms in total. The summed E-state index contributed by atoms with van der Waals surface area (Å²) in [4.78, 5) is 6.81. The van der Waals surface area contributed by atoms with Gasteiger partial charge in [-0.15, -0.1) is 0 Å². The molecule has 1 N–H and O–H groups in total. The molecule has 0 saturated carbocycles. The molecule has 24 heavy (non-hydrogen) atoms. The molecule has 2 aromatic rings. The van der Waals surface area contributed by atoms with Crippen LogP contribution in [0.5, 0.6) is 11.5 Å². The smallest absolute Gasteiger partial charge is 0.128 e. The average Bonchev–Trinajstić information content (AvgIpc) is 2.62. The van der Waals surface area contributed by atoms with Gasteiger partial charge in [0.2, 0.25) is 0 Å². The van der Waals surface area contributed by atoms with Gasteiger partial charge in [-0.1, -0.05) is 0 Å². The van der Waals surface area contributed by atoms with Crippen molar-refractivity contribution >= 4 is 27.4 Å². The largest absolute Gasteiger partial charge is 0.497 e. The molecule has 0 amide bonds. The SMILES string of the molecule is COc1cc(NC2CCN(c3ccc(Br)cn3)CC2)cc(OC)c1. The van der Waals surface area contributed by atoms with Crippen LogP contribution in [-0.2, 0) is 0 Å². The number of pyridine rings is 1. The van der Waals surface area contributed by atoms with Gasteiger partial charge in [0.05, 0.1) is 14.2 Å². The Morgan fingerprint density at radius 3 is 2.29 bits per heavy atom. The molecule has 0 bridgehead atoms. The van der Waals surface area contributed by atoms with E-state index in [1.54, 1.807) is 14.2 Å². The molecule has 0 unspecified atom stereocenters. The zero-order valence-corrected chi connectivity index (χ0v) is 15.5. The molecule has 0 aliphatic carbocycles. The highest BCUT2D eigenvalue weighted by Gasteiger charge is 2.20. The summed E-state index contributed by atoms with van der Waals surface area (Å²) in [6.07, 6.45) is 3.98. The van der Waals surface area contributed by atoms with Gasteiger partial charge in [0.15, 0.2) is 0 Å². The van der Waals surface area contributed by atoms with E-state index in [1.807, 2.05) is 30.5 Å². The Hall–Kier alpha value is -1.95. The van der Waals surface area contributed by atoms with E-state index in [0.29, 0.717) is 6.04 Å². The molecule has 6 heteroatoms. The van der Waals surface area contributed by atoms with Gasteiger partial charge in [-0.25, -0.2) is 4.98 Å². The number of rotatable bonds is 5. The molecule has 1 aliphatic rings. The van der Waals surface area contributed by atoms with Gasteiger partial charge in [0.1, 0.15) is 17.3 Å². The van der Waals surface area contributed by atoms with Crippen LogP contribution in [0.25, 0.3) is 0 Å². The second-order valence-electron chi connectivity index (χ2n) is 5.84. The van der Waals surface area contributed by atoms with Crippen LogP contribution in [0.3, 0.4) is 0 Å². The minimum absolute atomic E-state index is 0.438. The van der Waals surface area contributed by atoms with Crippen molar-refractivity contribution in [1.29, 1.82) is 0 Å². The molecule has 2 heterocycles. The van der Waals surface area contributed by atoms with Crippen molar-refractivity contribution in [3.63, 3.8) is 0 Å². The van der Waals surface area contributed by atoms with Gasteiger partial charge in [-0.3, -0.25) is 0 Å². The lowest BCUT2D eigenvalue weighted by atomic mass is 10.0. The number of anilines is 2. The fourth-order valence-corrected chi connectivity index (χ4v) is 3.17. The molecule has 1 aliphatic heterocycles. The maximum Gasteiger partial charge on any atom is 0.128 e. The topological polar surface area (TPSA) is 46.6 Å². The number of ether oxygens (including phenoxy) is 2. The molecule has 1 aromatic heterocycles. The molecule has 0 atom stereocenters. The lowest BCUT2D eigenvalue weighted by Crippen LogP contribution is -2.39. The van der Waals surface area contributed by atoms with E-state index in [4.69, 9.17) is 9.47 Å². The predicted molar refractivity (Wildman–Crippen MR) is 100 cm³/mol. The lowest BCUT2D eigenvalue weighted by molar-refractivity contribution is 0.394. The number of nitrogens with one attached hydrogen (secondary N) is 1. The molecular formula is C18H22BrN3O2. The maximum absolute atomic E-state index is 5.33. The standard InChI is InChI=1S/C18H22BrN3O2/c1-23-16-9-15(10-17(11-16)24-2)21-14-5-7-22(8-6-14)18-4-3-13(19)12-20-18/h3-4,9-12,14,21H,5-8H2,1-2H3. The van der Waals surface area contributed by atoms with Crippen LogP contribution < -0.4 is 19.7 Å². The molecule has 0 spiro atoms. The second kappa shape index (κ2) is 7.75. The van der Waals surface area contributed by atoms with Gasteiger partial charge in [0, 0.05) is 53.7 Å². The van der Waals surface area contributed by atoms with Gasteiger partial charge in [0.25, 0.3) is 0 Å². The summed E-state index contributed by atoms with van der Waals surface area (Å²) in [5, 5.41) is 3.60. The molecule has 1 fully saturated rings. The van der Waals surface area contributed by atoms with Gasteiger partial charge < -0.3 is 19.7 Å². The van der Waals surface area contributed by atoms with Crippen molar-refractivity contribution in [2.24, 2.45) is 0 Å². The van der Waals surface area contributed by atoms with Crippen LogP contribution in [0.1, 0.15) is 12.8 Å². The Kier molecular flexibility index (Phi) is 5.45. The number of hydrogen-bond acceptors (Lipinski definition) is 5. The van der Waals surface area contributed by atoms with Gasteiger partial charge in [-0.2, -0.15) is 0 Å². The number of hydrogen-bond donors (Lipinski definition) is 1. The Morgan fingerprint density at radius 2 is 1.75 bits per heavy atom. The zero-order chi connectivity index (χ0) is 16.9. The third kappa shape index (κ3) is 4.12. The molecule has 1 saturated heterocycles. The average molecular weight is 392 g/mol. The Labute approximate surface area is 151 Å². The van der Waals surface area contributed by atoms with E-state index in [2.05, 4.69) is 37.2 Å². The number of nitrogens with zero attached hydrogens (tertiary/aromatic N) is 2.